The van der Waals surface area contributed by atoms with E-state index in [9.17, 15) is 13.2 Å². The van der Waals surface area contributed by atoms with Gasteiger partial charge in [-0.1, -0.05) is 0 Å². The second kappa shape index (κ2) is 8.66. The Labute approximate surface area is 155 Å². The van der Waals surface area contributed by atoms with Crippen molar-refractivity contribution in [3.05, 3.63) is 47.9 Å². The summed E-state index contributed by atoms with van der Waals surface area (Å²) in [6.07, 6.45) is -3.16. The van der Waals surface area contributed by atoms with E-state index in [1.165, 1.54) is 19.2 Å². The molecule has 0 unspecified atom stereocenters. The first-order valence-corrected chi connectivity index (χ1v) is 7.90. The normalized spacial score (nSPS) is 16.6. The van der Waals surface area contributed by atoms with Gasteiger partial charge in [0.15, 0.2) is 0 Å². The van der Waals surface area contributed by atoms with E-state index in [1.54, 1.807) is 18.4 Å². The topological polar surface area (TPSA) is 46.9 Å². The van der Waals surface area contributed by atoms with Gasteiger partial charge in [0, 0.05) is 37.8 Å². The Morgan fingerprint density at radius 1 is 1.19 bits per heavy atom. The van der Waals surface area contributed by atoms with E-state index < -0.39 is 6.36 Å². The molecule has 0 bridgehead atoms. The molecular formula is C17H20ClF3N2O3. The highest BCUT2D eigenvalue weighted by atomic mass is 35.5. The van der Waals surface area contributed by atoms with Crippen LogP contribution in [0.2, 0.25) is 0 Å². The highest BCUT2D eigenvalue weighted by Crippen LogP contribution is 2.38. The first-order chi connectivity index (χ1) is 12.0. The molecule has 1 aliphatic rings. The number of alkyl halides is 3. The molecule has 1 fully saturated rings. The minimum Gasteiger partial charge on any atom is -0.496 e. The van der Waals surface area contributed by atoms with Crippen LogP contribution >= 0.6 is 12.4 Å². The van der Waals surface area contributed by atoms with Crippen LogP contribution in [0.25, 0.3) is 0 Å². The van der Waals surface area contributed by atoms with Crippen molar-refractivity contribution in [2.75, 3.05) is 33.3 Å². The van der Waals surface area contributed by atoms with Crippen LogP contribution < -0.4 is 14.8 Å². The Hall–Kier alpha value is -1.90. The Morgan fingerprint density at radius 3 is 2.50 bits per heavy atom. The summed E-state index contributed by atoms with van der Waals surface area (Å²) in [5.41, 5.74) is 0.730. The molecule has 1 N–H and O–H groups in total. The first kappa shape index (κ1) is 20.4. The van der Waals surface area contributed by atoms with Crippen LogP contribution in [0.3, 0.4) is 0 Å². The number of nitrogens with one attached hydrogen (secondary N) is 1. The van der Waals surface area contributed by atoms with Gasteiger partial charge in [0.25, 0.3) is 0 Å². The Kier molecular flexibility index (Phi) is 6.80. The molecule has 0 spiro atoms. The fourth-order valence-electron chi connectivity index (χ4n) is 3.03. The SMILES string of the molecule is COc1cc(OC(F)(F)F)ccc1[C@H](c1ccco1)N1CCNCC1.Cl. The number of methoxy groups -OCH3 is 1. The van der Waals surface area contributed by atoms with Crippen molar-refractivity contribution in [1.29, 1.82) is 0 Å². The molecule has 2 heterocycles. The number of rotatable bonds is 5. The zero-order valence-electron chi connectivity index (χ0n) is 14.1. The summed E-state index contributed by atoms with van der Waals surface area (Å²) < 4.78 is 52.3. The lowest BCUT2D eigenvalue weighted by Gasteiger charge is -2.34. The van der Waals surface area contributed by atoms with Gasteiger partial charge in [0.05, 0.1) is 19.4 Å². The lowest BCUT2D eigenvalue weighted by molar-refractivity contribution is -0.274. The van der Waals surface area contributed by atoms with Crippen LogP contribution in [0.1, 0.15) is 17.4 Å². The molecular weight excluding hydrogens is 373 g/mol. The third-order valence-corrected chi connectivity index (χ3v) is 4.06. The van der Waals surface area contributed by atoms with Crippen molar-refractivity contribution < 1.29 is 27.1 Å². The zero-order valence-corrected chi connectivity index (χ0v) is 14.9. The monoisotopic (exact) mass is 392 g/mol. The van der Waals surface area contributed by atoms with Gasteiger partial charge in [-0.25, -0.2) is 0 Å². The Bertz CT molecular complexity index is 689. The summed E-state index contributed by atoms with van der Waals surface area (Å²) >= 11 is 0. The van der Waals surface area contributed by atoms with E-state index in [4.69, 9.17) is 9.15 Å². The molecule has 26 heavy (non-hydrogen) atoms. The third kappa shape index (κ3) is 4.84. The lowest BCUT2D eigenvalue weighted by atomic mass is 10.0. The Morgan fingerprint density at radius 2 is 1.92 bits per heavy atom. The highest BCUT2D eigenvalue weighted by Gasteiger charge is 2.33. The molecule has 144 valence electrons. The predicted octanol–water partition coefficient (Wildman–Crippen LogP) is 3.60. The van der Waals surface area contributed by atoms with E-state index in [2.05, 4.69) is 15.0 Å². The van der Waals surface area contributed by atoms with Crippen LogP contribution in [0.5, 0.6) is 11.5 Å². The summed E-state index contributed by atoms with van der Waals surface area (Å²) in [5, 5.41) is 3.28. The molecule has 1 aromatic carbocycles. The molecule has 0 aliphatic carbocycles. The Balaban J connectivity index is 0.00000243. The predicted molar refractivity (Wildman–Crippen MR) is 91.9 cm³/mol. The maximum absolute atomic E-state index is 12.5. The number of piperazine rings is 1. The van der Waals surface area contributed by atoms with Crippen LogP contribution in [0.4, 0.5) is 13.2 Å². The minimum absolute atomic E-state index is 0. The number of hydrogen-bond donors (Lipinski definition) is 1. The van der Waals surface area contributed by atoms with Gasteiger partial charge in [-0.15, -0.1) is 25.6 Å². The molecule has 1 aliphatic heterocycles. The van der Waals surface area contributed by atoms with Gasteiger partial charge < -0.3 is 19.2 Å². The second-order valence-electron chi connectivity index (χ2n) is 5.66. The number of nitrogens with zero attached hydrogens (tertiary/aromatic N) is 1. The van der Waals surface area contributed by atoms with Crippen LogP contribution in [0.15, 0.2) is 41.0 Å². The molecule has 5 nitrogen and oxygen atoms in total. The van der Waals surface area contributed by atoms with E-state index in [0.29, 0.717) is 11.5 Å². The van der Waals surface area contributed by atoms with E-state index >= 15 is 0 Å². The van der Waals surface area contributed by atoms with Gasteiger partial charge in [0.1, 0.15) is 17.3 Å². The van der Waals surface area contributed by atoms with Crippen molar-refractivity contribution in [1.82, 2.24) is 10.2 Å². The second-order valence-corrected chi connectivity index (χ2v) is 5.66. The molecule has 0 radical (unpaired) electrons. The van der Waals surface area contributed by atoms with Crippen molar-refractivity contribution in [3.63, 3.8) is 0 Å². The minimum atomic E-state index is -4.74. The first-order valence-electron chi connectivity index (χ1n) is 7.90. The number of ether oxygens (including phenoxy) is 2. The van der Waals surface area contributed by atoms with E-state index in [-0.39, 0.29) is 24.2 Å². The van der Waals surface area contributed by atoms with Gasteiger partial charge in [-0.05, 0) is 24.3 Å². The van der Waals surface area contributed by atoms with Crippen molar-refractivity contribution in [2.45, 2.75) is 12.4 Å². The maximum Gasteiger partial charge on any atom is 0.573 e. The summed E-state index contributed by atoms with van der Waals surface area (Å²) in [4.78, 5) is 2.21. The van der Waals surface area contributed by atoms with Crippen molar-refractivity contribution in [2.24, 2.45) is 0 Å². The number of halogens is 4. The third-order valence-electron chi connectivity index (χ3n) is 4.06. The lowest BCUT2D eigenvalue weighted by Crippen LogP contribution is -2.45. The van der Waals surface area contributed by atoms with Gasteiger partial charge >= 0.3 is 6.36 Å². The highest BCUT2D eigenvalue weighted by molar-refractivity contribution is 5.85. The molecule has 1 aromatic heterocycles. The molecule has 9 heteroatoms. The molecule has 0 amide bonds. The summed E-state index contributed by atoms with van der Waals surface area (Å²) in [6, 6.07) is 7.54. The largest absolute Gasteiger partial charge is 0.573 e. The van der Waals surface area contributed by atoms with Crippen LogP contribution in [-0.2, 0) is 0 Å². The molecule has 0 saturated carbocycles. The van der Waals surface area contributed by atoms with Gasteiger partial charge in [0.2, 0.25) is 0 Å². The molecule has 1 atom stereocenters. The van der Waals surface area contributed by atoms with E-state index in [1.807, 2.05) is 6.07 Å². The summed E-state index contributed by atoms with van der Waals surface area (Å²) in [6.45, 7) is 3.23. The van der Waals surface area contributed by atoms with Crippen LogP contribution in [0, 0.1) is 0 Å². The average molecular weight is 393 g/mol. The number of benzene rings is 1. The van der Waals surface area contributed by atoms with Crippen molar-refractivity contribution >= 4 is 12.4 Å². The van der Waals surface area contributed by atoms with E-state index in [0.717, 1.165) is 31.7 Å². The fourth-order valence-corrected chi connectivity index (χ4v) is 3.03. The number of hydrogen-bond acceptors (Lipinski definition) is 5. The average Bonchev–Trinajstić information content (AvgIpc) is 3.10. The molecule has 3 rings (SSSR count). The smallest absolute Gasteiger partial charge is 0.496 e. The molecule has 1 saturated heterocycles. The van der Waals surface area contributed by atoms with Gasteiger partial charge in [-0.2, -0.15) is 0 Å². The summed E-state index contributed by atoms with van der Waals surface area (Å²) in [5.74, 6) is 0.720. The summed E-state index contributed by atoms with van der Waals surface area (Å²) in [7, 11) is 1.42. The van der Waals surface area contributed by atoms with Gasteiger partial charge in [-0.3, -0.25) is 4.90 Å². The van der Waals surface area contributed by atoms with Crippen LogP contribution in [-0.4, -0.2) is 44.6 Å². The van der Waals surface area contributed by atoms with Crippen molar-refractivity contribution in [3.8, 4) is 11.5 Å². The number of furan rings is 1. The fraction of sp³-hybridized carbons (Fsp3) is 0.412. The standard InChI is InChI=1S/C17H19F3N2O3.ClH/c1-23-15-11-12(25-17(18,19)20)4-5-13(15)16(14-3-2-10-24-14)22-8-6-21-7-9-22;/h2-5,10-11,16,21H,6-9H2,1H3;1H/t16-;/m1./s1. The molecule has 2 aromatic rings. The quantitative estimate of drug-likeness (QED) is 0.842. The maximum atomic E-state index is 12.5. The zero-order chi connectivity index (χ0) is 17.9.